The minimum Gasteiger partial charge on any atom is -0.433 e. The molecule has 1 aromatic heterocycles. The number of benzene rings is 1. The Hall–Kier alpha value is -2.69. The molecule has 2 aliphatic heterocycles. The lowest BCUT2D eigenvalue weighted by atomic mass is 10.2. The molecule has 2 saturated heterocycles. The zero-order chi connectivity index (χ0) is 21.6. The summed E-state index contributed by atoms with van der Waals surface area (Å²) in [6.07, 6.45) is -4.32. The molecule has 4 rings (SSSR count). The Morgan fingerprint density at radius 3 is 2.62 bits per heavy atom. The quantitative estimate of drug-likeness (QED) is 0.750. The molecule has 0 aliphatic carbocycles. The number of aromatic nitrogens is 2. The van der Waals surface area contributed by atoms with Crippen LogP contribution in [0.3, 0.4) is 0 Å². The van der Waals surface area contributed by atoms with Crippen molar-refractivity contribution in [3.8, 4) is 5.75 Å². The smallest absolute Gasteiger partial charge is 0.419 e. The van der Waals surface area contributed by atoms with Gasteiger partial charge in [-0.05, 0) is 25.6 Å². The number of rotatable bonds is 5. The molecule has 0 unspecified atom stereocenters. The highest BCUT2D eigenvalue weighted by Gasteiger charge is 2.41. The van der Waals surface area contributed by atoms with Crippen LogP contribution in [0.2, 0.25) is 0 Å². The molecule has 2 bridgehead atoms. The van der Waals surface area contributed by atoms with Gasteiger partial charge in [0.2, 0.25) is 5.95 Å². The number of halogens is 5. The van der Waals surface area contributed by atoms with Crippen LogP contribution >= 0.6 is 0 Å². The molecule has 2 fully saturated rings. The van der Waals surface area contributed by atoms with Gasteiger partial charge < -0.3 is 15.0 Å². The van der Waals surface area contributed by atoms with E-state index in [4.69, 9.17) is 1.37 Å². The van der Waals surface area contributed by atoms with Gasteiger partial charge in [-0.15, -0.1) is 0 Å². The number of likely N-dealkylation sites (tertiary alicyclic amines) is 1. The van der Waals surface area contributed by atoms with Crippen molar-refractivity contribution in [3.63, 3.8) is 0 Å². The summed E-state index contributed by atoms with van der Waals surface area (Å²) in [4.78, 5) is 11.4. The molecule has 6 nitrogen and oxygen atoms in total. The summed E-state index contributed by atoms with van der Waals surface area (Å²) in [7, 11) is 2.05. The first kappa shape index (κ1) is 18.3. The lowest BCUT2D eigenvalue weighted by Gasteiger charge is -2.34. The molecular weight excluding hydrogens is 397 g/mol. The van der Waals surface area contributed by atoms with E-state index < -0.39 is 24.5 Å². The van der Waals surface area contributed by atoms with Crippen LogP contribution in [0.5, 0.6) is 5.75 Å². The summed E-state index contributed by atoms with van der Waals surface area (Å²) in [6, 6.07) is 5.34. The summed E-state index contributed by atoms with van der Waals surface area (Å²) in [6.45, 7) is -1.45. The zero-order valence-electron chi connectivity index (χ0n) is 16.2. The third-order valence-electron chi connectivity index (χ3n) is 5.18. The zero-order valence-corrected chi connectivity index (χ0v) is 15.2. The van der Waals surface area contributed by atoms with Crippen LogP contribution in [0.25, 0.3) is 0 Å². The fourth-order valence-corrected chi connectivity index (χ4v) is 3.78. The van der Waals surface area contributed by atoms with Crippen molar-refractivity contribution in [2.45, 2.75) is 31.3 Å². The first-order valence-electron chi connectivity index (χ1n) is 9.35. The lowest BCUT2D eigenvalue weighted by Crippen LogP contribution is -2.44. The molecule has 0 spiro atoms. The van der Waals surface area contributed by atoms with Crippen molar-refractivity contribution < 1.29 is 28.1 Å². The van der Waals surface area contributed by atoms with Gasteiger partial charge in [0.05, 0.1) is 12.6 Å². The molecule has 0 radical (unpaired) electrons. The van der Waals surface area contributed by atoms with E-state index in [9.17, 15) is 22.0 Å². The van der Waals surface area contributed by atoms with Crippen molar-refractivity contribution in [2.24, 2.45) is 0 Å². The Balaban J connectivity index is 1.59. The lowest BCUT2D eigenvalue weighted by molar-refractivity contribution is -0.138. The van der Waals surface area contributed by atoms with E-state index in [-0.39, 0.29) is 23.4 Å². The van der Waals surface area contributed by atoms with Gasteiger partial charge in [-0.3, -0.25) is 4.90 Å². The second-order valence-electron chi connectivity index (χ2n) is 7.04. The molecule has 2 aromatic rings. The Morgan fingerprint density at radius 2 is 2.03 bits per heavy atom. The number of anilines is 3. The molecule has 0 saturated carbocycles. The number of ether oxygens (including phenoxy) is 1. The van der Waals surface area contributed by atoms with Crippen molar-refractivity contribution in [3.05, 3.63) is 36.1 Å². The first-order valence-corrected chi connectivity index (χ1v) is 8.85. The van der Waals surface area contributed by atoms with E-state index in [1.807, 2.05) is 7.05 Å². The molecule has 3 heterocycles. The average Bonchev–Trinajstić information content (AvgIpc) is 3.21. The predicted octanol–water partition coefficient (Wildman–Crippen LogP) is 3.73. The van der Waals surface area contributed by atoms with Crippen LogP contribution in [-0.2, 0) is 6.18 Å². The minimum absolute atomic E-state index is 0.0553. The topological polar surface area (TPSA) is 53.5 Å². The Labute approximate surface area is 164 Å². The van der Waals surface area contributed by atoms with Gasteiger partial charge in [-0.2, -0.15) is 22.0 Å². The van der Waals surface area contributed by atoms with E-state index in [1.54, 1.807) is 6.07 Å². The van der Waals surface area contributed by atoms with E-state index >= 15 is 0 Å². The highest BCUT2D eigenvalue weighted by Crippen LogP contribution is 2.38. The second kappa shape index (κ2) is 7.29. The number of likely N-dealkylation sites (N-methyl/N-ethyl adjacent to an activating group) is 1. The number of nitrogens with one attached hydrogen (secondary N) is 1. The average molecular weight is 416 g/mol. The van der Waals surface area contributed by atoms with Crippen LogP contribution in [0.15, 0.2) is 30.6 Å². The maximum absolute atomic E-state index is 12.9. The van der Waals surface area contributed by atoms with Crippen LogP contribution in [0.4, 0.5) is 39.3 Å². The Kier molecular flexibility index (Phi) is 4.61. The van der Waals surface area contributed by atoms with Crippen molar-refractivity contribution in [1.29, 1.82) is 0 Å². The molecular formula is C18H18F5N5O. The highest BCUT2D eigenvalue weighted by molar-refractivity contribution is 5.68. The minimum atomic E-state index is -4.76. The third kappa shape index (κ3) is 4.04. The fraction of sp³-hybridized carbons (Fsp3) is 0.444. The molecule has 2 aliphatic rings. The maximum atomic E-state index is 12.9. The monoisotopic (exact) mass is 416 g/mol. The summed E-state index contributed by atoms with van der Waals surface area (Å²) >= 11 is 0. The van der Waals surface area contributed by atoms with Gasteiger partial charge >= 0.3 is 12.8 Å². The number of hydrogen-bond acceptors (Lipinski definition) is 6. The summed E-state index contributed by atoms with van der Waals surface area (Å²) in [5, 5.41) is 2.56. The van der Waals surface area contributed by atoms with Crippen LogP contribution < -0.4 is 15.0 Å². The van der Waals surface area contributed by atoms with Crippen LogP contribution in [0, 0.1) is 0 Å². The third-order valence-corrected chi connectivity index (χ3v) is 5.18. The Morgan fingerprint density at radius 1 is 1.24 bits per heavy atom. The molecule has 11 heteroatoms. The standard InChI is InChI=1S/C18H18F5N5O/c1-27-8-13-4-12(27)9-28(13)11-2-3-14(15(5-11)29-16(19)20)26-17-24-6-10(7-25-17)18(21,22)23/h2-3,5-7,12-13,16H,4,8-9H2,1H3,(H,24,25,26)/t12-,13-/m0/s1/i6D. The molecule has 156 valence electrons. The van der Waals surface area contributed by atoms with Gasteiger partial charge in [-0.25, -0.2) is 9.97 Å². The summed E-state index contributed by atoms with van der Waals surface area (Å²) in [5.74, 6) is -0.518. The molecule has 29 heavy (non-hydrogen) atoms. The maximum Gasteiger partial charge on any atom is 0.419 e. The van der Waals surface area contributed by atoms with Gasteiger partial charge in [0.1, 0.15) is 0 Å². The van der Waals surface area contributed by atoms with E-state index in [0.717, 1.165) is 19.5 Å². The van der Waals surface area contributed by atoms with E-state index in [1.165, 1.54) is 12.1 Å². The van der Waals surface area contributed by atoms with E-state index in [0.29, 0.717) is 17.9 Å². The van der Waals surface area contributed by atoms with Crippen LogP contribution in [-0.4, -0.2) is 53.7 Å². The summed E-state index contributed by atoms with van der Waals surface area (Å²) in [5.41, 5.74) is -0.521. The number of piperazine rings is 1. The van der Waals surface area contributed by atoms with Gasteiger partial charge in [0.15, 0.2) is 5.75 Å². The highest BCUT2D eigenvalue weighted by atomic mass is 19.4. The molecule has 1 aromatic carbocycles. The predicted molar refractivity (Wildman–Crippen MR) is 95.6 cm³/mol. The molecule has 0 amide bonds. The summed E-state index contributed by atoms with van der Waals surface area (Å²) < 4.78 is 76.2. The molecule has 1 N–H and O–H groups in total. The SMILES string of the molecule is [2H]c1nc(Nc2ccc(N3C[C@@H]4C[C@H]3CN4C)cc2OC(F)F)ncc1C(F)(F)F. The number of hydrogen-bond donors (Lipinski definition) is 1. The van der Waals surface area contributed by atoms with E-state index in [2.05, 4.69) is 29.8 Å². The van der Waals surface area contributed by atoms with Gasteiger partial charge in [0, 0.05) is 49.3 Å². The van der Waals surface area contributed by atoms with Crippen molar-refractivity contribution in [2.75, 3.05) is 30.4 Å². The van der Waals surface area contributed by atoms with Gasteiger partial charge in [0.25, 0.3) is 0 Å². The normalized spacial score (nSPS) is 22.3. The number of alkyl halides is 5. The largest absolute Gasteiger partial charge is 0.433 e. The molecule has 2 atom stereocenters. The van der Waals surface area contributed by atoms with Gasteiger partial charge in [-0.1, -0.05) is 0 Å². The fourth-order valence-electron chi connectivity index (χ4n) is 3.78. The van der Waals surface area contributed by atoms with Crippen molar-refractivity contribution >= 4 is 17.3 Å². The second-order valence-corrected chi connectivity index (χ2v) is 7.04. The number of fused-ring (bicyclic) bond motifs is 2. The van der Waals surface area contributed by atoms with Crippen LogP contribution in [0.1, 0.15) is 13.4 Å². The number of nitrogens with zero attached hydrogens (tertiary/aromatic N) is 4. The Bertz CT molecular complexity index is 942. The first-order chi connectivity index (χ1) is 14.1. The van der Waals surface area contributed by atoms with Crippen molar-refractivity contribution in [1.82, 2.24) is 14.9 Å².